The third-order valence-corrected chi connectivity index (χ3v) is 4.20. The number of amides is 3. The van der Waals surface area contributed by atoms with Crippen molar-refractivity contribution in [1.82, 2.24) is 5.32 Å². The Labute approximate surface area is 162 Å². The Morgan fingerprint density at radius 1 is 0.741 bits per heavy atom. The maximum atomic E-state index is 12.2. The van der Waals surface area contributed by atoms with Gasteiger partial charge in [-0.15, -0.1) is 0 Å². The number of benzene rings is 3. The number of carbonyl (C=O) groups excluding carboxylic acids is 2. The highest BCUT2D eigenvalue weighted by atomic mass is 35.5. The molecule has 0 aliphatic rings. The van der Waals surface area contributed by atoms with Gasteiger partial charge in [0.2, 0.25) is 0 Å². The summed E-state index contributed by atoms with van der Waals surface area (Å²) in [5, 5.41) is 8.88. The van der Waals surface area contributed by atoms with Gasteiger partial charge in [0, 0.05) is 28.5 Å². The fourth-order valence-corrected chi connectivity index (χ4v) is 2.62. The Kier molecular flexibility index (Phi) is 6.07. The first-order chi connectivity index (χ1) is 13.1. The van der Waals surface area contributed by atoms with Gasteiger partial charge in [-0.25, -0.2) is 4.79 Å². The summed E-state index contributed by atoms with van der Waals surface area (Å²) in [6.45, 7) is 0.322. The average molecular weight is 380 g/mol. The van der Waals surface area contributed by atoms with Crippen molar-refractivity contribution in [1.29, 1.82) is 0 Å². The van der Waals surface area contributed by atoms with E-state index >= 15 is 0 Å². The molecule has 0 bridgehead atoms. The minimum atomic E-state index is -0.351. The van der Waals surface area contributed by atoms with Crippen LogP contribution in [0.5, 0.6) is 0 Å². The molecule has 6 heteroatoms. The third-order valence-electron chi connectivity index (χ3n) is 3.83. The van der Waals surface area contributed by atoms with Crippen LogP contribution in [0.2, 0.25) is 5.02 Å². The minimum Gasteiger partial charge on any atom is -0.334 e. The predicted octanol–water partition coefficient (Wildman–Crippen LogP) is 4.91. The highest BCUT2D eigenvalue weighted by Gasteiger charge is 2.07. The first-order valence-electron chi connectivity index (χ1n) is 8.36. The summed E-state index contributed by atoms with van der Waals surface area (Å²) in [7, 11) is 0. The van der Waals surface area contributed by atoms with Gasteiger partial charge in [-0.2, -0.15) is 0 Å². The molecule has 0 fully saturated rings. The summed E-state index contributed by atoms with van der Waals surface area (Å²) in [5.74, 6) is -0.212. The van der Waals surface area contributed by atoms with E-state index in [1.807, 2.05) is 48.5 Å². The Bertz CT molecular complexity index is 928. The normalized spacial score (nSPS) is 10.1. The van der Waals surface area contributed by atoms with Crippen molar-refractivity contribution in [2.75, 3.05) is 10.6 Å². The highest BCUT2D eigenvalue weighted by molar-refractivity contribution is 6.31. The number of anilines is 2. The van der Waals surface area contributed by atoms with E-state index in [1.54, 1.807) is 30.3 Å². The molecule has 0 saturated heterocycles. The van der Waals surface area contributed by atoms with Crippen molar-refractivity contribution in [2.24, 2.45) is 0 Å². The van der Waals surface area contributed by atoms with Crippen LogP contribution in [0.15, 0.2) is 78.9 Å². The van der Waals surface area contributed by atoms with Crippen LogP contribution in [-0.2, 0) is 6.54 Å². The number of halogens is 1. The molecule has 0 aliphatic heterocycles. The lowest BCUT2D eigenvalue weighted by Crippen LogP contribution is -2.28. The van der Waals surface area contributed by atoms with E-state index in [0.717, 1.165) is 11.3 Å². The summed E-state index contributed by atoms with van der Waals surface area (Å²) < 4.78 is 0. The van der Waals surface area contributed by atoms with Crippen LogP contribution >= 0.6 is 11.6 Å². The molecular formula is C21H18ClN3O2. The van der Waals surface area contributed by atoms with E-state index in [1.165, 1.54) is 0 Å². The molecule has 27 heavy (non-hydrogen) atoms. The van der Waals surface area contributed by atoms with E-state index in [0.29, 0.717) is 22.8 Å². The van der Waals surface area contributed by atoms with Crippen molar-refractivity contribution < 1.29 is 9.59 Å². The zero-order valence-electron chi connectivity index (χ0n) is 14.4. The van der Waals surface area contributed by atoms with E-state index < -0.39 is 0 Å². The van der Waals surface area contributed by atoms with Crippen molar-refractivity contribution >= 4 is 34.9 Å². The lowest BCUT2D eigenvalue weighted by atomic mass is 10.2. The van der Waals surface area contributed by atoms with Crippen LogP contribution in [0, 0.1) is 0 Å². The largest absolute Gasteiger partial charge is 0.334 e. The quantitative estimate of drug-likeness (QED) is 0.589. The number of urea groups is 1. The second-order valence-electron chi connectivity index (χ2n) is 5.80. The van der Waals surface area contributed by atoms with Crippen LogP contribution in [0.3, 0.4) is 0 Å². The molecule has 0 unspecified atom stereocenters. The smallest absolute Gasteiger partial charge is 0.319 e. The molecule has 0 saturated carbocycles. The maximum Gasteiger partial charge on any atom is 0.319 e. The molecule has 5 nitrogen and oxygen atoms in total. The lowest BCUT2D eigenvalue weighted by Gasteiger charge is -2.09. The Hall–Kier alpha value is -3.31. The Morgan fingerprint density at radius 2 is 1.37 bits per heavy atom. The van der Waals surface area contributed by atoms with Gasteiger partial charge in [0.15, 0.2) is 0 Å². The number of rotatable bonds is 5. The van der Waals surface area contributed by atoms with Crippen LogP contribution in [0.1, 0.15) is 15.9 Å². The molecule has 3 amide bonds. The van der Waals surface area contributed by atoms with Gasteiger partial charge >= 0.3 is 6.03 Å². The fourth-order valence-electron chi connectivity index (χ4n) is 2.42. The van der Waals surface area contributed by atoms with Gasteiger partial charge in [0.05, 0.1) is 0 Å². The van der Waals surface area contributed by atoms with Crippen LogP contribution in [-0.4, -0.2) is 11.9 Å². The molecule has 3 N–H and O–H groups in total. The summed E-state index contributed by atoms with van der Waals surface area (Å²) in [4.78, 5) is 24.2. The van der Waals surface area contributed by atoms with Crippen molar-refractivity contribution in [2.45, 2.75) is 6.54 Å². The highest BCUT2D eigenvalue weighted by Crippen LogP contribution is 2.15. The molecule has 3 aromatic carbocycles. The Balaban J connectivity index is 1.53. The standard InChI is InChI=1S/C21H18ClN3O2/c22-19-9-5-4-6-16(19)14-23-21(27)25-18-12-10-15(11-13-18)20(26)24-17-7-2-1-3-8-17/h1-13H,14H2,(H,24,26)(H2,23,25,27). The van der Waals surface area contributed by atoms with Crippen molar-refractivity contribution in [3.63, 3.8) is 0 Å². The zero-order chi connectivity index (χ0) is 19.1. The van der Waals surface area contributed by atoms with E-state index in [2.05, 4.69) is 16.0 Å². The number of para-hydroxylation sites is 1. The number of hydrogen-bond acceptors (Lipinski definition) is 2. The minimum absolute atomic E-state index is 0.212. The first-order valence-corrected chi connectivity index (χ1v) is 8.74. The van der Waals surface area contributed by atoms with Crippen molar-refractivity contribution in [3.8, 4) is 0 Å². The molecule has 0 radical (unpaired) electrons. The first kappa shape index (κ1) is 18.5. The number of nitrogens with one attached hydrogen (secondary N) is 3. The molecule has 0 spiro atoms. The molecule has 3 rings (SSSR count). The summed E-state index contributed by atoms with van der Waals surface area (Å²) in [5.41, 5.74) is 2.65. The molecule has 0 aliphatic carbocycles. The monoisotopic (exact) mass is 379 g/mol. The van der Waals surface area contributed by atoms with E-state index in [-0.39, 0.29) is 11.9 Å². The van der Waals surface area contributed by atoms with Gasteiger partial charge in [0.1, 0.15) is 0 Å². The van der Waals surface area contributed by atoms with Gasteiger partial charge in [-0.05, 0) is 48.0 Å². The summed E-state index contributed by atoms with van der Waals surface area (Å²) in [6, 6.07) is 22.8. The van der Waals surface area contributed by atoms with Gasteiger partial charge < -0.3 is 16.0 Å². The molecule has 0 aromatic heterocycles. The third kappa shape index (κ3) is 5.33. The lowest BCUT2D eigenvalue weighted by molar-refractivity contribution is 0.102. The SMILES string of the molecule is O=C(NCc1ccccc1Cl)Nc1ccc(C(=O)Nc2ccccc2)cc1. The van der Waals surface area contributed by atoms with Gasteiger partial charge in [-0.3, -0.25) is 4.79 Å². The summed E-state index contributed by atoms with van der Waals surface area (Å²) >= 11 is 6.06. The molecule has 0 atom stereocenters. The second kappa shape index (κ2) is 8.87. The summed E-state index contributed by atoms with van der Waals surface area (Å²) in [6.07, 6.45) is 0. The van der Waals surface area contributed by atoms with Crippen LogP contribution in [0.25, 0.3) is 0 Å². The predicted molar refractivity (Wildman–Crippen MR) is 108 cm³/mol. The van der Waals surface area contributed by atoms with Crippen LogP contribution in [0.4, 0.5) is 16.2 Å². The maximum absolute atomic E-state index is 12.2. The number of carbonyl (C=O) groups is 2. The fraction of sp³-hybridized carbons (Fsp3) is 0.0476. The second-order valence-corrected chi connectivity index (χ2v) is 6.20. The molecule has 136 valence electrons. The van der Waals surface area contributed by atoms with Crippen LogP contribution < -0.4 is 16.0 Å². The molecule has 3 aromatic rings. The Morgan fingerprint density at radius 3 is 2.07 bits per heavy atom. The molecular weight excluding hydrogens is 362 g/mol. The zero-order valence-corrected chi connectivity index (χ0v) is 15.2. The van der Waals surface area contributed by atoms with Gasteiger partial charge in [-0.1, -0.05) is 48.0 Å². The van der Waals surface area contributed by atoms with E-state index in [4.69, 9.17) is 11.6 Å². The topological polar surface area (TPSA) is 70.2 Å². The molecule has 0 heterocycles. The average Bonchev–Trinajstić information content (AvgIpc) is 2.69. The van der Waals surface area contributed by atoms with E-state index in [9.17, 15) is 9.59 Å². The van der Waals surface area contributed by atoms with Crippen molar-refractivity contribution in [3.05, 3.63) is 95.0 Å². The number of hydrogen-bond donors (Lipinski definition) is 3. The van der Waals surface area contributed by atoms with Gasteiger partial charge in [0.25, 0.3) is 5.91 Å².